The van der Waals surface area contributed by atoms with E-state index in [0.29, 0.717) is 11.6 Å². The molecule has 7 nitrogen and oxygen atoms in total. The SMILES string of the molecule is Cc1cc(C)n(-c2ccc(N(C)CC(=O)Nc3ccc(Cl)c(C(F)(F)F)c3)nn2)n1. The summed E-state index contributed by atoms with van der Waals surface area (Å²) in [7, 11) is 1.62. The first-order valence-corrected chi connectivity index (χ1v) is 9.17. The maximum absolute atomic E-state index is 13.0. The number of rotatable bonds is 5. The molecule has 0 unspecified atom stereocenters. The van der Waals surface area contributed by atoms with E-state index in [1.807, 2.05) is 19.9 Å². The highest BCUT2D eigenvalue weighted by molar-refractivity contribution is 6.31. The van der Waals surface area contributed by atoms with Crippen LogP contribution >= 0.6 is 11.6 Å². The predicted molar refractivity (Wildman–Crippen MR) is 107 cm³/mol. The van der Waals surface area contributed by atoms with Gasteiger partial charge in [0.25, 0.3) is 0 Å². The number of aromatic nitrogens is 4. The summed E-state index contributed by atoms with van der Waals surface area (Å²) in [5, 5.41) is 14.5. The molecule has 30 heavy (non-hydrogen) atoms. The first-order valence-electron chi connectivity index (χ1n) is 8.79. The molecule has 11 heteroatoms. The Bertz CT molecular complexity index is 1070. The normalized spacial score (nSPS) is 11.4. The number of halogens is 4. The highest BCUT2D eigenvalue weighted by atomic mass is 35.5. The molecule has 0 saturated heterocycles. The highest BCUT2D eigenvalue weighted by Gasteiger charge is 2.33. The average molecular weight is 439 g/mol. The number of aryl methyl sites for hydroxylation is 2. The molecule has 3 aromatic rings. The molecule has 0 atom stereocenters. The lowest BCUT2D eigenvalue weighted by Gasteiger charge is -2.18. The van der Waals surface area contributed by atoms with Crippen LogP contribution in [0.25, 0.3) is 5.82 Å². The van der Waals surface area contributed by atoms with Gasteiger partial charge >= 0.3 is 6.18 Å². The molecule has 2 heterocycles. The minimum Gasteiger partial charge on any atom is -0.349 e. The van der Waals surface area contributed by atoms with Gasteiger partial charge in [0, 0.05) is 18.4 Å². The van der Waals surface area contributed by atoms with Crippen LogP contribution in [0, 0.1) is 13.8 Å². The molecule has 0 bridgehead atoms. The van der Waals surface area contributed by atoms with Crippen molar-refractivity contribution in [2.45, 2.75) is 20.0 Å². The van der Waals surface area contributed by atoms with Gasteiger partial charge in [-0.2, -0.15) is 18.3 Å². The number of hydrogen-bond donors (Lipinski definition) is 1. The predicted octanol–water partition coefficient (Wildman–Crippen LogP) is 4.03. The van der Waals surface area contributed by atoms with E-state index in [2.05, 4.69) is 20.6 Å². The topological polar surface area (TPSA) is 75.9 Å². The lowest BCUT2D eigenvalue weighted by molar-refractivity contribution is -0.137. The van der Waals surface area contributed by atoms with E-state index in [0.717, 1.165) is 23.5 Å². The Kier molecular flexibility index (Phi) is 5.97. The number of hydrogen-bond acceptors (Lipinski definition) is 5. The number of likely N-dealkylation sites (N-methyl/N-ethyl adjacent to an activating group) is 1. The van der Waals surface area contributed by atoms with Gasteiger partial charge in [-0.25, -0.2) is 4.68 Å². The number of carbonyl (C=O) groups is 1. The van der Waals surface area contributed by atoms with Crippen molar-refractivity contribution >= 4 is 29.0 Å². The number of benzene rings is 1. The van der Waals surface area contributed by atoms with Crippen molar-refractivity contribution in [3.8, 4) is 5.82 Å². The quantitative estimate of drug-likeness (QED) is 0.651. The molecule has 3 rings (SSSR count). The third-order valence-corrected chi connectivity index (χ3v) is 4.52. The molecule has 0 fully saturated rings. The second kappa shape index (κ2) is 8.31. The number of anilines is 2. The minimum absolute atomic E-state index is 0.00363. The molecular formula is C19H18ClF3N6O. The van der Waals surface area contributed by atoms with Gasteiger partial charge in [-0.15, -0.1) is 10.2 Å². The summed E-state index contributed by atoms with van der Waals surface area (Å²) in [6.45, 7) is 3.63. The van der Waals surface area contributed by atoms with Crippen LogP contribution in [-0.4, -0.2) is 39.5 Å². The Balaban J connectivity index is 1.67. The molecule has 158 valence electrons. The number of amides is 1. The molecule has 0 saturated carbocycles. The molecule has 0 spiro atoms. The van der Waals surface area contributed by atoms with Gasteiger partial charge < -0.3 is 10.2 Å². The Hall–Kier alpha value is -3.14. The van der Waals surface area contributed by atoms with Gasteiger partial charge in [-0.05, 0) is 50.2 Å². The standard InChI is InChI=1S/C19H18ClF3N6O/c1-11-8-12(2)29(27-11)17-7-6-16(25-26-17)28(3)10-18(30)24-13-4-5-15(20)14(9-13)19(21,22)23/h4-9H,10H2,1-3H3,(H,24,30). The Morgan fingerprint density at radius 3 is 2.47 bits per heavy atom. The molecule has 1 N–H and O–H groups in total. The molecule has 0 radical (unpaired) electrons. The van der Waals surface area contributed by atoms with Crippen LogP contribution < -0.4 is 10.2 Å². The maximum Gasteiger partial charge on any atom is 0.417 e. The van der Waals surface area contributed by atoms with Crippen LogP contribution in [0.2, 0.25) is 5.02 Å². The van der Waals surface area contributed by atoms with Gasteiger partial charge in [0.05, 0.1) is 22.8 Å². The number of alkyl halides is 3. The zero-order valence-electron chi connectivity index (χ0n) is 16.3. The summed E-state index contributed by atoms with van der Waals surface area (Å²) in [5.74, 6) is 0.433. The average Bonchev–Trinajstić information content (AvgIpc) is 3.00. The molecule has 2 aromatic heterocycles. The van der Waals surface area contributed by atoms with Crippen molar-refractivity contribution in [3.63, 3.8) is 0 Å². The third-order valence-electron chi connectivity index (χ3n) is 4.19. The van der Waals surface area contributed by atoms with E-state index in [4.69, 9.17) is 11.6 Å². The van der Waals surface area contributed by atoms with Crippen LogP contribution in [0.15, 0.2) is 36.4 Å². The maximum atomic E-state index is 13.0. The van der Waals surface area contributed by atoms with Gasteiger partial charge in [-0.1, -0.05) is 11.6 Å². The molecule has 1 aromatic carbocycles. The van der Waals surface area contributed by atoms with Crippen molar-refractivity contribution in [1.29, 1.82) is 0 Å². The monoisotopic (exact) mass is 438 g/mol. The van der Waals surface area contributed by atoms with E-state index in [1.54, 1.807) is 23.9 Å². The summed E-state index contributed by atoms with van der Waals surface area (Å²) in [4.78, 5) is 13.8. The molecular weight excluding hydrogens is 421 g/mol. The number of nitrogens with zero attached hydrogens (tertiary/aromatic N) is 5. The Morgan fingerprint density at radius 2 is 1.90 bits per heavy atom. The first-order chi connectivity index (χ1) is 14.0. The molecule has 0 aliphatic carbocycles. The van der Waals surface area contributed by atoms with Crippen molar-refractivity contribution < 1.29 is 18.0 Å². The third kappa shape index (κ3) is 4.88. The fraction of sp³-hybridized carbons (Fsp3) is 0.263. The largest absolute Gasteiger partial charge is 0.417 e. The summed E-state index contributed by atoms with van der Waals surface area (Å²) >= 11 is 5.59. The van der Waals surface area contributed by atoms with Crippen molar-refractivity contribution in [2.24, 2.45) is 0 Å². The second-order valence-electron chi connectivity index (χ2n) is 6.69. The van der Waals surface area contributed by atoms with Gasteiger partial charge in [-0.3, -0.25) is 4.79 Å². The van der Waals surface area contributed by atoms with Crippen LogP contribution in [-0.2, 0) is 11.0 Å². The Morgan fingerprint density at radius 1 is 1.17 bits per heavy atom. The fourth-order valence-corrected chi connectivity index (χ4v) is 3.04. The lowest BCUT2D eigenvalue weighted by atomic mass is 10.2. The van der Waals surface area contributed by atoms with Crippen LogP contribution in [0.1, 0.15) is 17.0 Å². The van der Waals surface area contributed by atoms with Gasteiger partial charge in [0.1, 0.15) is 0 Å². The second-order valence-corrected chi connectivity index (χ2v) is 7.09. The van der Waals surface area contributed by atoms with Crippen molar-refractivity contribution in [1.82, 2.24) is 20.0 Å². The number of nitrogens with one attached hydrogen (secondary N) is 1. The van der Waals surface area contributed by atoms with Crippen LogP contribution in [0.4, 0.5) is 24.7 Å². The number of carbonyl (C=O) groups excluding carboxylic acids is 1. The van der Waals surface area contributed by atoms with E-state index >= 15 is 0 Å². The Labute approximate surface area is 175 Å². The van der Waals surface area contributed by atoms with Crippen molar-refractivity contribution in [3.05, 3.63) is 58.4 Å². The van der Waals surface area contributed by atoms with E-state index in [-0.39, 0.29) is 12.2 Å². The summed E-state index contributed by atoms with van der Waals surface area (Å²) in [6.07, 6.45) is -4.61. The fourth-order valence-electron chi connectivity index (χ4n) is 2.81. The van der Waals surface area contributed by atoms with Gasteiger partial charge in [0.2, 0.25) is 5.91 Å². The van der Waals surface area contributed by atoms with E-state index in [9.17, 15) is 18.0 Å². The van der Waals surface area contributed by atoms with E-state index in [1.165, 1.54) is 11.0 Å². The first kappa shape index (κ1) is 21.6. The highest BCUT2D eigenvalue weighted by Crippen LogP contribution is 2.36. The zero-order chi connectivity index (χ0) is 22.1. The van der Waals surface area contributed by atoms with Crippen LogP contribution in [0.5, 0.6) is 0 Å². The van der Waals surface area contributed by atoms with Crippen molar-refractivity contribution in [2.75, 3.05) is 23.8 Å². The lowest BCUT2D eigenvalue weighted by Crippen LogP contribution is -2.31. The molecule has 0 aliphatic heterocycles. The summed E-state index contributed by atoms with van der Waals surface area (Å²) < 4.78 is 40.5. The van der Waals surface area contributed by atoms with Gasteiger partial charge in [0.15, 0.2) is 11.6 Å². The zero-order valence-corrected chi connectivity index (χ0v) is 17.1. The smallest absolute Gasteiger partial charge is 0.349 e. The molecule has 0 aliphatic rings. The van der Waals surface area contributed by atoms with Crippen LogP contribution in [0.3, 0.4) is 0 Å². The summed E-state index contributed by atoms with van der Waals surface area (Å²) in [5.41, 5.74) is 0.739. The van der Waals surface area contributed by atoms with E-state index < -0.39 is 22.7 Å². The summed E-state index contributed by atoms with van der Waals surface area (Å²) in [6, 6.07) is 8.49. The minimum atomic E-state index is -4.61. The molecule has 1 amide bonds.